The average Bonchev–Trinajstić information content (AvgIpc) is 2.97. The number of nitrogens with zero attached hydrogens (tertiary/aromatic N) is 1. The standard InChI is InChI=1S/C28H36N2O4/c1-5-6-16-29-27(31)25-22-15-14-20(33-4)17-24(22)34-26(18(2)3)28(32)30(25)23-13-9-11-19-10-7-8-12-21(19)23/h7-8,10,12,14-15,17-18,23,25-26H,5-6,9,11,13,16H2,1-4H3,(H,29,31). The van der Waals surface area contributed by atoms with Crippen molar-refractivity contribution in [2.24, 2.45) is 5.92 Å². The van der Waals surface area contributed by atoms with Crippen molar-refractivity contribution in [3.05, 3.63) is 59.2 Å². The van der Waals surface area contributed by atoms with Crippen LogP contribution in [0.4, 0.5) is 0 Å². The van der Waals surface area contributed by atoms with E-state index in [1.807, 2.05) is 43.0 Å². The summed E-state index contributed by atoms with van der Waals surface area (Å²) in [5, 5.41) is 3.09. The van der Waals surface area contributed by atoms with Gasteiger partial charge >= 0.3 is 0 Å². The van der Waals surface area contributed by atoms with Crippen LogP contribution in [-0.2, 0) is 16.0 Å². The lowest BCUT2D eigenvalue weighted by molar-refractivity contribution is -0.150. The third kappa shape index (κ3) is 4.63. The molecule has 2 aliphatic rings. The van der Waals surface area contributed by atoms with Gasteiger partial charge in [0.25, 0.3) is 5.91 Å². The lowest BCUT2D eigenvalue weighted by Crippen LogP contribution is -2.50. The molecule has 1 N–H and O–H groups in total. The van der Waals surface area contributed by atoms with Crippen LogP contribution in [0, 0.1) is 5.92 Å². The summed E-state index contributed by atoms with van der Waals surface area (Å²) in [5.41, 5.74) is 3.08. The van der Waals surface area contributed by atoms with Gasteiger partial charge in [-0.15, -0.1) is 0 Å². The summed E-state index contributed by atoms with van der Waals surface area (Å²) in [5.74, 6) is 0.811. The maximum absolute atomic E-state index is 14.2. The van der Waals surface area contributed by atoms with Gasteiger partial charge in [-0.1, -0.05) is 51.5 Å². The van der Waals surface area contributed by atoms with E-state index in [4.69, 9.17) is 9.47 Å². The third-order valence-electron chi connectivity index (χ3n) is 6.90. The molecule has 3 atom stereocenters. The van der Waals surface area contributed by atoms with Crippen molar-refractivity contribution in [1.29, 1.82) is 0 Å². The minimum atomic E-state index is -0.773. The zero-order valence-electron chi connectivity index (χ0n) is 20.7. The van der Waals surface area contributed by atoms with Crippen LogP contribution >= 0.6 is 0 Å². The van der Waals surface area contributed by atoms with Crippen molar-refractivity contribution >= 4 is 11.8 Å². The first-order valence-corrected chi connectivity index (χ1v) is 12.5. The smallest absolute Gasteiger partial charge is 0.265 e. The van der Waals surface area contributed by atoms with E-state index < -0.39 is 12.1 Å². The monoisotopic (exact) mass is 464 g/mol. The number of fused-ring (bicyclic) bond motifs is 2. The number of amides is 2. The Hall–Kier alpha value is -3.02. The molecule has 0 radical (unpaired) electrons. The van der Waals surface area contributed by atoms with Gasteiger partial charge in [-0.3, -0.25) is 9.59 Å². The molecule has 182 valence electrons. The number of hydrogen-bond acceptors (Lipinski definition) is 4. The highest BCUT2D eigenvalue weighted by Crippen LogP contribution is 2.45. The fraction of sp³-hybridized carbons (Fsp3) is 0.500. The van der Waals surface area contributed by atoms with Gasteiger partial charge < -0.3 is 19.7 Å². The number of unbranched alkanes of at least 4 members (excludes halogenated alkanes) is 1. The number of carbonyl (C=O) groups is 2. The number of carbonyl (C=O) groups excluding carboxylic acids is 2. The molecule has 0 aromatic heterocycles. The topological polar surface area (TPSA) is 67.9 Å². The normalized spacial score (nSPS) is 21.9. The molecule has 0 bridgehead atoms. The van der Waals surface area contributed by atoms with Crippen LogP contribution < -0.4 is 14.8 Å². The molecule has 6 heteroatoms. The maximum atomic E-state index is 14.2. The molecule has 0 saturated carbocycles. The number of methoxy groups -OCH3 is 1. The highest BCUT2D eigenvalue weighted by molar-refractivity contribution is 5.92. The van der Waals surface area contributed by atoms with Crippen molar-refractivity contribution in [1.82, 2.24) is 10.2 Å². The molecule has 2 amide bonds. The Kier molecular flexibility index (Phi) is 7.44. The number of rotatable bonds is 7. The molecule has 3 unspecified atom stereocenters. The van der Waals surface area contributed by atoms with E-state index in [1.54, 1.807) is 13.2 Å². The molecular formula is C28H36N2O4. The number of ether oxygens (including phenoxy) is 2. The highest BCUT2D eigenvalue weighted by atomic mass is 16.5. The molecule has 1 aliphatic carbocycles. The molecule has 0 saturated heterocycles. The zero-order chi connectivity index (χ0) is 24.2. The quantitative estimate of drug-likeness (QED) is 0.587. The van der Waals surface area contributed by atoms with Crippen LogP contribution in [-0.4, -0.2) is 36.5 Å². The molecule has 0 spiro atoms. The van der Waals surface area contributed by atoms with Crippen LogP contribution in [0.25, 0.3) is 0 Å². The van der Waals surface area contributed by atoms with Crippen molar-refractivity contribution in [2.75, 3.05) is 13.7 Å². The van der Waals surface area contributed by atoms with Gasteiger partial charge in [0.1, 0.15) is 17.5 Å². The lowest BCUT2D eigenvalue weighted by Gasteiger charge is -2.40. The predicted octanol–water partition coefficient (Wildman–Crippen LogP) is 4.98. The minimum absolute atomic E-state index is 0.0604. The van der Waals surface area contributed by atoms with Gasteiger partial charge in [-0.25, -0.2) is 0 Å². The van der Waals surface area contributed by atoms with Gasteiger partial charge in [-0.05, 0) is 54.9 Å². The number of nitrogens with one attached hydrogen (secondary N) is 1. The predicted molar refractivity (Wildman–Crippen MR) is 132 cm³/mol. The Morgan fingerprint density at radius 3 is 2.74 bits per heavy atom. The SMILES string of the molecule is CCCCNC(=O)C1c2ccc(OC)cc2OC(C(C)C)C(=O)N1C1CCCc2ccccc21. The van der Waals surface area contributed by atoms with Gasteiger partial charge in [0.2, 0.25) is 5.91 Å². The Morgan fingerprint density at radius 1 is 1.21 bits per heavy atom. The second kappa shape index (κ2) is 10.5. The van der Waals surface area contributed by atoms with Crippen LogP contribution in [0.5, 0.6) is 11.5 Å². The second-order valence-electron chi connectivity index (χ2n) is 9.59. The van der Waals surface area contributed by atoms with Gasteiger partial charge in [-0.2, -0.15) is 0 Å². The molecule has 6 nitrogen and oxygen atoms in total. The summed E-state index contributed by atoms with van der Waals surface area (Å²) in [6, 6.07) is 12.8. The first kappa shape index (κ1) is 24.1. The van der Waals surface area contributed by atoms with E-state index >= 15 is 0 Å². The summed E-state index contributed by atoms with van der Waals surface area (Å²) in [6.07, 6.45) is 3.96. The Labute approximate surface area is 202 Å². The van der Waals surface area contributed by atoms with Gasteiger partial charge in [0.15, 0.2) is 6.10 Å². The largest absolute Gasteiger partial charge is 0.497 e. The Morgan fingerprint density at radius 2 is 2.00 bits per heavy atom. The first-order chi connectivity index (χ1) is 16.5. The van der Waals surface area contributed by atoms with Crippen LogP contribution in [0.15, 0.2) is 42.5 Å². The van der Waals surface area contributed by atoms with E-state index in [0.717, 1.165) is 37.7 Å². The molecular weight excluding hydrogens is 428 g/mol. The zero-order valence-corrected chi connectivity index (χ0v) is 20.7. The van der Waals surface area contributed by atoms with Crippen molar-refractivity contribution < 1.29 is 19.1 Å². The van der Waals surface area contributed by atoms with E-state index in [0.29, 0.717) is 23.6 Å². The maximum Gasteiger partial charge on any atom is 0.265 e. The highest BCUT2D eigenvalue weighted by Gasteiger charge is 2.46. The Bertz CT molecular complexity index is 1030. The molecule has 2 aromatic carbocycles. The van der Waals surface area contributed by atoms with Gasteiger partial charge in [0.05, 0.1) is 13.2 Å². The Balaban J connectivity index is 1.87. The van der Waals surface area contributed by atoms with E-state index in [9.17, 15) is 9.59 Å². The first-order valence-electron chi connectivity index (χ1n) is 12.5. The van der Waals surface area contributed by atoms with E-state index in [1.165, 1.54) is 5.56 Å². The summed E-state index contributed by atoms with van der Waals surface area (Å²) < 4.78 is 11.8. The van der Waals surface area contributed by atoms with Crippen molar-refractivity contribution in [3.8, 4) is 11.5 Å². The van der Waals surface area contributed by atoms with Crippen LogP contribution in [0.2, 0.25) is 0 Å². The van der Waals surface area contributed by atoms with Gasteiger partial charge in [0, 0.05) is 18.2 Å². The molecule has 0 fully saturated rings. The van der Waals surface area contributed by atoms with Crippen molar-refractivity contribution in [2.45, 2.75) is 71.1 Å². The number of benzene rings is 2. The summed E-state index contributed by atoms with van der Waals surface area (Å²) >= 11 is 0. The molecule has 2 aromatic rings. The average molecular weight is 465 g/mol. The molecule has 1 aliphatic heterocycles. The third-order valence-corrected chi connectivity index (χ3v) is 6.90. The summed E-state index contributed by atoms with van der Waals surface area (Å²) in [4.78, 5) is 29.7. The van der Waals surface area contributed by atoms with Crippen LogP contribution in [0.1, 0.15) is 75.2 Å². The van der Waals surface area contributed by atoms with E-state index in [-0.39, 0.29) is 23.8 Å². The van der Waals surface area contributed by atoms with E-state index in [2.05, 4.69) is 24.4 Å². The fourth-order valence-electron chi connectivity index (χ4n) is 5.11. The fourth-order valence-corrected chi connectivity index (χ4v) is 5.11. The van der Waals surface area contributed by atoms with Crippen molar-refractivity contribution in [3.63, 3.8) is 0 Å². The molecule has 34 heavy (non-hydrogen) atoms. The summed E-state index contributed by atoms with van der Waals surface area (Å²) in [7, 11) is 1.60. The molecule has 4 rings (SSSR count). The number of hydrogen-bond donors (Lipinski definition) is 1. The summed E-state index contributed by atoms with van der Waals surface area (Å²) in [6.45, 7) is 6.64. The minimum Gasteiger partial charge on any atom is -0.497 e. The second-order valence-corrected chi connectivity index (χ2v) is 9.59. The molecule has 1 heterocycles. The van der Waals surface area contributed by atoms with Crippen LogP contribution in [0.3, 0.4) is 0 Å². The lowest BCUT2D eigenvalue weighted by atomic mass is 9.85. The number of aryl methyl sites for hydroxylation is 1.